The van der Waals surface area contributed by atoms with Gasteiger partial charge in [0.1, 0.15) is 11.3 Å². The zero-order valence-corrected chi connectivity index (χ0v) is 10.6. The summed E-state index contributed by atoms with van der Waals surface area (Å²) < 4.78 is 10.7. The summed E-state index contributed by atoms with van der Waals surface area (Å²) >= 11 is 0. The zero-order valence-electron chi connectivity index (χ0n) is 10.6. The van der Waals surface area contributed by atoms with E-state index in [9.17, 15) is 5.26 Å². The van der Waals surface area contributed by atoms with Crippen LogP contribution in [-0.4, -0.2) is 25.9 Å². The molecular formula is C14H18N2O2. The Morgan fingerprint density at radius 2 is 2.17 bits per heavy atom. The van der Waals surface area contributed by atoms with Gasteiger partial charge in [0.15, 0.2) is 0 Å². The molecule has 0 amide bonds. The third-order valence-corrected chi connectivity index (χ3v) is 3.26. The molecule has 0 radical (unpaired) electrons. The highest BCUT2D eigenvalue weighted by molar-refractivity contribution is 5.58. The maximum absolute atomic E-state index is 9.48. The molecule has 1 saturated heterocycles. The van der Waals surface area contributed by atoms with Crippen LogP contribution in [0.2, 0.25) is 0 Å². The summed E-state index contributed by atoms with van der Waals surface area (Å²) in [5.74, 6) is 0.761. The van der Waals surface area contributed by atoms with Crippen molar-refractivity contribution in [3.8, 4) is 11.8 Å². The van der Waals surface area contributed by atoms with E-state index in [0.29, 0.717) is 13.0 Å². The van der Waals surface area contributed by atoms with Gasteiger partial charge in [-0.15, -0.1) is 0 Å². The van der Waals surface area contributed by atoms with E-state index in [-0.39, 0.29) is 0 Å². The number of nitrogens with zero attached hydrogens (tertiary/aromatic N) is 1. The number of methoxy groups -OCH3 is 1. The predicted octanol–water partition coefficient (Wildman–Crippen LogP) is 2.57. The molecule has 1 aliphatic rings. The van der Waals surface area contributed by atoms with E-state index in [4.69, 9.17) is 9.47 Å². The van der Waals surface area contributed by atoms with E-state index >= 15 is 0 Å². The number of hydrogen-bond donors (Lipinski definition) is 1. The second-order valence-electron chi connectivity index (χ2n) is 4.49. The van der Waals surface area contributed by atoms with Crippen molar-refractivity contribution in [1.29, 1.82) is 5.26 Å². The highest BCUT2D eigenvalue weighted by Gasteiger charge is 2.31. The molecule has 1 aromatic rings. The number of anilines is 1. The van der Waals surface area contributed by atoms with Gasteiger partial charge in [0, 0.05) is 19.6 Å². The van der Waals surface area contributed by atoms with Crippen molar-refractivity contribution in [3.63, 3.8) is 0 Å². The molecule has 1 aliphatic heterocycles. The molecule has 4 nitrogen and oxygen atoms in total. The van der Waals surface area contributed by atoms with Crippen LogP contribution in [0.4, 0.5) is 5.69 Å². The third-order valence-electron chi connectivity index (χ3n) is 3.26. The van der Waals surface area contributed by atoms with E-state index in [0.717, 1.165) is 30.9 Å². The minimum absolute atomic E-state index is 0.550. The Morgan fingerprint density at radius 1 is 1.33 bits per heavy atom. The van der Waals surface area contributed by atoms with Gasteiger partial charge < -0.3 is 14.8 Å². The van der Waals surface area contributed by atoms with Gasteiger partial charge in [-0.25, -0.2) is 0 Å². The van der Waals surface area contributed by atoms with E-state index in [1.165, 1.54) is 0 Å². The summed E-state index contributed by atoms with van der Waals surface area (Å²) in [6, 6.07) is 10.1. The first-order chi connectivity index (χ1) is 8.79. The molecule has 0 spiro atoms. The number of benzene rings is 1. The Hall–Kier alpha value is -1.73. The summed E-state index contributed by atoms with van der Waals surface area (Å²) in [4.78, 5) is 0. The molecule has 1 N–H and O–H groups in total. The van der Waals surface area contributed by atoms with E-state index in [1.54, 1.807) is 7.11 Å². The smallest absolute Gasteiger partial charge is 0.141 e. The Labute approximate surface area is 108 Å². The maximum Gasteiger partial charge on any atom is 0.141 e. The van der Waals surface area contributed by atoms with Crippen LogP contribution in [0.1, 0.15) is 19.3 Å². The Balaban J connectivity index is 2.21. The summed E-state index contributed by atoms with van der Waals surface area (Å²) in [5, 5.41) is 12.8. The van der Waals surface area contributed by atoms with Crippen LogP contribution in [0.15, 0.2) is 24.3 Å². The van der Waals surface area contributed by atoms with Crippen molar-refractivity contribution in [1.82, 2.24) is 0 Å². The van der Waals surface area contributed by atoms with Gasteiger partial charge in [-0.1, -0.05) is 12.1 Å². The molecule has 4 heteroatoms. The Bertz CT molecular complexity index is 432. The summed E-state index contributed by atoms with van der Waals surface area (Å²) in [5.41, 5.74) is 0.314. The molecule has 1 atom stereocenters. The molecule has 0 saturated carbocycles. The SMILES string of the molecule is COc1ccccc1NC1(C#N)CCCOCC1. The van der Waals surface area contributed by atoms with Gasteiger partial charge in [-0.3, -0.25) is 0 Å². The molecule has 1 aromatic carbocycles. The standard InChI is InChI=1S/C14H18N2O2/c1-17-13-6-3-2-5-12(13)16-14(11-15)7-4-9-18-10-8-14/h2-3,5-6,16H,4,7-10H2,1H3. The number of ether oxygens (including phenoxy) is 2. The number of nitriles is 1. The molecular weight excluding hydrogens is 228 g/mol. The van der Waals surface area contributed by atoms with Gasteiger partial charge in [-0.2, -0.15) is 5.26 Å². The van der Waals surface area contributed by atoms with Crippen LogP contribution >= 0.6 is 0 Å². The Kier molecular flexibility index (Phi) is 4.06. The molecule has 2 rings (SSSR count). The average Bonchev–Trinajstić information content (AvgIpc) is 2.66. The summed E-state index contributed by atoms with van der Waals surface area (Å²) in [6.07, 6.45) is 2.39. The second kappa shape index (κ2) is 5.74. The number of hydrogen-bond acceptors (Lipinski definition) is 4. The summed E-state index contributed by atoms with van der Waals surface area (Å²) in [6.45, 7) is 1.35. The van der Waals surface area contributed by atoms with Crippen LogP contribution in [0, 0.1) is 11.3 Å². The Morgan fingerprint density at radius 3 is 2.94 bits per heavy atom. The first-order valence-electron chi connectivity index (χ1n) is 6.20. The van der Waals surface area contributed by atoms with Gasteiger partial charge in [-0.05, 0) is 25.0 Å². The molecule has 18 heavy (non-hydrogen) atoms. The lowest BCUT2D eigenvalue weighted by Crippen LogP contribution is -2.37. The van der Waals surface area contributed by atoms with Crippen molar-refractivity contribution in [2.24, 2.45) is 0 Å². The summed E-state index contributed by atoms with van der Waals surface area (Å²) in [7, 11) is 1.63. The lowest BCUT2D eigenvalue weighted by Gasteiger charge is -2.27. The van der Waals surface area contributed by atoms with Crippen LogP contribution in [0.25, 0.3) is 0 Å². The van der Waals surface area contributed by atoms with E-state index in [1.807, 2.05) is 24.3 Å². The highest BCUT2D eigenvalue weighted by atomic mass is 16.5. The fourth-order valence-electron chi connectivity index (χ4n) is 2.22. The van der Waals surface area contributed by atoms with Crippen LogP contribution < -0.4 is 10.1 Å². The quantitative estimate of drug-likeness (QED) is 0.890. The minimum atomic E-state index is -0.550. The largest absolute Gasteiger partial charge is 0.495 e. The average molecular weight is 246 g/mol. The molecule has 1 fully saturated rings. The zero-order chi connectivity index (χ0) is 12.8. The molecule has 96 valence electrons. The van der Waals surface area contributed by atoms with Crippen molar-refractivity contribution in [2.75, 3.05) is 25.6 Å². The second-order valence-corrected chi connectivity index (χ2v) is 4.49. The topological polar surface area (TPSA) is 54.3 Å². The van der Waals surface area contributed by atoms with Crippen molar-refractivity contribution >= 4 is 5.69 Å². The predicted molar refractivity (Wildman–Crippen MR) is 69.6 cm³/mol. The van der Waals surface area contributed by atoms with Gasteiger partial charge in [0.05, 0.1) is 18.9 Å². The van der Waals surface area contributed by atoms with Crippen molar-refractivity contribution < 1.29 is 9.47 Å². The molecule has 1 unspecified atom stereocenters. The first-order valence-corrected chi connectivity index (χ1v) is 6.20. The number of nitrogens with one attached hydrogen (secondary N) is 1. The molecule has 0 aliphatic carbocycles. The number of rotatable bonds is 3. The maximum atomic E-state index is 9.48. The van der Waals surface area contributed by atoms with Crippen molar-refractivity contribution in [3.05, 3.63) is 24.3 Å². The van der Waals surface area contributed by atoms with Gasteiger partial charge in [0.25, 0.3) is 0 Å². The highest BCUT2D eigenvalue weighted by Crippen LogP contribution is 2.31. The third kappa shape index (κ3) is 2.74. The van der Waals surface area contributed by atoms with Gasteiger partial charge in [0.2, 0.25) is 0 Å². The molecule has 0 aromatic heterocycles. The van der Waals surface area contributed by atoms with Gasteiger partial charge >= 0.3 is 0 Å². The minimum Gasteiger partial charge on any atom is -0.495 e. The van der Waals surface area contributed by atoms with Crippen molar-refractivity contribution in [2.45, 2.75) is 24.8 Å². The van der Waals surface area contributed by atoms with E-state index < -0.39 is 5.54 Å². The normalized spacial score (nSPS) is 23.8. The lowest BCUT2D eigenvalue weighted by atomic mass is 9.92. The number of para-hydroxylation sites is 2. The first kappa shape index (κ1) is 12.7. The monoisotopic (exact) mass is 246 g/mol. The van der Waals surface area contributed by atoms with Crippen LogP contribution in [0.5, 0.6) is 5.75 Å². The fourth-order valence-corrected chi connectivity index (χ4v) is 2.22. The van der Waals surface area contributed by atoms with Crippen LogP contribution in [0.3, 0.4) is 0 Å². The fraction of sp³-hybridized carbons (Fsp3) is 0.500. The van der Waals surface area contributed by atoms with E-state index in [2.05, 4.69) is 11.4 Å². The molecule has 0 bridgehead atoms. The molecule has 1 heterocycles. The lowest BCUT2D eigenvalue weighted by molar-refractivity contribution is 0.142. The van der Waals surface area contributed by atoms with Crippen LogP contribution in [-0.2, 0) is 4.74 Å².